The predicted molar refractivity (Wildman–Crippen MR) is 169 cm³/mol. The van der Waals surface area contributed by atoms with Crippen molar-refractivity contribution in [3.63, 3.8) is 0 Å². The summed E-state index contributed by atoms with van der Waals surface area (Å²) in [7, 11) is 1.88. The molecule has 224 valence electrons. The summed E-state index contributed by atoms with van der Waals surface area (Å²) < 4.78 is 0. The second-order valence-electron chi connectivity index (χ2n) is 11.2. The number of carbonyl (C=O) groups excluding carboxylic acids is 1. The van der Waals surface area contributed by atoms with Crippen molar-refractivity contribution in [2.75, 3.05) is 26.7 Å². The fraction of sp³-hybridized carbons (Fsp3) is 0.324. The predicted octanol–water partition coefficient (Wildman–Crippen LogP) is 6.06. The molecule has 2 heterocycles. The molecule has 9 heteroatoms. The Hall–Kier alpha value is -3.98. The third kappa shape index (κ3) is 6.82. The lowest BCUT2D eigenvalue weighted by atomic mass is 9.72. The number of rotatable bonds is 10. The second-order valence-corrected chi connectivity index (χ2v) is 11.6. The van der Waals surface area contributed by atoms with E-state index in [9.17, 15) is 14.7 Å². The van der Waals surface area contributed by atoms with Gasteiger partial charge in [-0.2, -0.15) is 0 Å². The highest BCUT2D eigenvalue weighted by Crippen LogP contribution is 2.46. The van der Waals surface area contributed by atoms with E-state index in [4.69, 9.17) is 16.7 Å². The van der Waals surface area contributed by atoms with Gasteiger partial charge < -0.3 is 25.7 Å². The first-order chi connectivity index (χ1) is 20.8. The first-order valence-corrected chi connectivity index (χ1v) is 15.0. The van der Waals surface area contributed by atoms with E-state index in [0.717, 1.165) is 35.0 Å². The van der Waals surface area contributed by atoms with E-state index >= 15 is 0 Å². The zero-order valence-electron chi connectivity index (χ0n) is 24.2. The minimum atomic E-state index is -1.39. The van der Waals surface area contributed by atoms with Gasteiger partial charge in [0.2, 0.25) is 0 Å². The maximum Gasteiger partial charge on any atom is 0.404 e. The number of aromatic nitrogens is 1. The first kappa shape index (κ1) is 30.5. The molecular formula is C34H37ClN4O4. The molecule has 1 fully saturated rings. The van der Waals surface area contributed by atoms with Crippen molar-refractivity contribution in [1.29, 1.82) is 0 Å². The molecule has 8 nitrogen and oxygen atoms in total. The first-order valence-electron chi connectivity index (χ1n) is 14.7. The molecule has 1 aromatic heterocycles. The number of aliphatic hydroxyl groups is 1. The van der Waals surface area contributed by atoms with E-state index in [2.05, 4.69) is 15.6 Å². The summed E-state index contributed by atoms with van der Waals surface area (Å²) in [6, 6.07) is 23.0. The van der Waals surface area contributed by atoms with Gasteiger partial charge >= 0.3 is 6.09 Å². The third-order valence-electron chi connectivity index (χ3n) is 8.34. The van der Waals surface area contributed by atoms with Crippen molar-refractivity contribution in [2.24, 2.45) is 5.92 Å². The van der Waals surface area contributed by atoms with Crippen LogP contribution < -0.4 is 10.6 Å². The number of amides is 2. The average molecular weight is 601 g/mol. The number of likely N-dealkylation sites (tertiary alicyclic amines) is 1. The number of fused-ring (bicyclic) bond motifs is 1. The van der Waals surface area contributed by atoms with Gasteiger partial charge in [0.05, 0.1) is 11.1 Å². The topological polar surface area (TPSA) is 115 Å². The number of pyridine rings is 1. The van der Waals surface area contributed by atoms with Gasteiger partial charge in [0.15, 0.2) is 0 Å². The fourth-order valence-corrected chi connectivity index (χ4v) is 6.48. The van der Waals surface area contributed by atoms with Gasteiger partial charge in [-0.3, -0.25) is 9.78 Å². The Labute approximate surface area is 256 Å². The Morgan fingerprint density at radius 3 is 2.65 bits per heavy atom. The summed E-state index contributed by atoms with van der Waals surface area (Å²) in [6.07, 6.45) is 2.79. The molecular weight excluding hydrogens is 564 g/mol. The second kappa shape index (κ2) is 13.5. The van der Waals surface area contributed by atoms with Crippen LogP contribution in [0.15, 0.2) is 79.0 Å². The lowest BCUT2D eigenvalue weighted by Crippen LogP contribution is -2.48. The van der Waals surface area contributed by atoms with Crippen molar-refractivity contribution >= 4 is 34.5 Å². The number of nitrogens with zero attached hydrogens (tertiary/aromatic N) is 2. The van der Waals surface area contributed by atoms with Gasteiger partial charge in [0.25, 0.3) is 5.91 Å². The third-order valence-corrected chi connectivity index (χ3v) is 8.65. The molecule has 1 aliphatic rings. The van der Waals surface area contributed by atoms with Crippen LogP contribution in [0.2, 0.25) is 5.02 Å². The van der Waals surface area contributed by atoms with Crippen LogP contribution in [0, 0.1) is 5.92 Å². The van der Waals surface area contributed by atoms with Crippen molar-refractivity contribution < 1.29 is 19.8 Å². The van der Waals surface area contributed by atoms with Crippen LogP contribution in [0.4, 0.5) is 4.79 Å². The molecule has 4 N–H and O–H groups in total. The molecule has 2 amide bonds. The van der Waals surface area contributed by atoms with Crippen LogP contribution in [0.25, 0.3) is 22.0 Å². The highest BCUT2D eigenvalue weighted by molar-refractivity contribution is 6.33. The number of benzene rings is 3. The monoisotopic (exact) mass is 600 g/mol. The van der Waals surface area contributed by atoms with Crippen LogP contribution >= 0.6 is 11.6 Å². The maximum absolute atomic E-state index is 13.6. The van der Waals surface area contributed by atoms with E-state index in [-0.39, 0.29) is 24.8 Å². The van der Waals surface area contributed by atoms with Crippen molar-refractivity contribution in [2.45, 2.75) is 37.8 Å². The molecule has 0 spiro atoms. The lowest BCUT2D eigenvalue weighted by molar-refractivity contribution is -0.0563. The van der Waals surface area contributed by atoms with Crippen LogP contribution in [0.3, 0.4) is 0 Å². The fourth-order valence-electron chi connectivity index (χ4n) is 6.20. The molecule has 0 aliphatic carbocycles. The molecule has 0 radical (unpaired) electrons. The molecule has 4 aromatic rings. The van der Waals surface area contributed by atoms with Gasteiger partial charge in [0.1, 0.15) is 0 Å². The quantitative estimate of drug-likeness (QED) is 0.164. The molecule has 2 atom stereocenters. The largest absolute Gasteiger partial charge is 0.465 e. The molecule has 43 heavy (non-hydrogen) atoms. The summed E-state index contributed by atoms with van der Waals surface area (Å²) in [6.45, 7) is 1.88. The number of hydrogen-bond donors (Lipinski definition) is 4. The number of nitrogens with one attached hydrogen (secondary N) is 2. The molecule has 5 rings (SSSR count). The van der Waals surface area contributed by atoms with Crippen LogP contribution in [-0.4, -0.2) is 58.8 Å². The summed E-state index contributed by atoms with van der Waals surface area (Å²) in [5.41, 5.74) is 3.31. The van der Waals surface area contributed by atoms with Crippen molar-refractivity contribution in [3.05, 3.63) is 101 Å². The van der Waals surface area contributed by atoms with Gasteiger partial charge in [-0.25, -0.2) is 4.79 Å². The molecule has 3 aromatic carbocycles. The minimum Gasteiger partial charge on any atom is -0.465 e. The summed E-state index contributed by atoms with van der Waals surface area (Å²) in [4.78, 5) is 31.2. The van der Waals surface area contributed by atoms with Crippen molar-refractivity contribution in [3.8, 4) is 11.1 Å². The molecule has 0 bridgehead atoms. The van der Waals surface area contributed by atoms with E-state index in [1.165, 1.54) is 0 Å². The van der Waals surface area contributed by atoms with E-state index in [1.807, 2.05) is 78.7 Å². The Bertz CT molecular complexity index is 1600. The van der Waals surface area contributed by atoms with E-state index in [1.54, 1.807) is 12.3 Å². The molecule has 0 saturated carbocycles. The number of halogens is 1. The summed E-state index contributed by atoms with van der Waals surface area (Å²) in [5, 5.41) is 28.8. The van der Waals surface area contributed by atoms with Crippen LogP contribution in [0.5, 0.6) is 0 Å². The zero-order valence-corrected chi connectivity index (χ0v) is 25.0. The van der Waals surface area contributed by atoms with Gasteiger partial charge in [-0.05, 0) is 74.2 Å². The highest BCUT2D eigenvalue weighted by atomic mass is 35.5. The van der Waals surface area contributed by atoms with E-state index < -0.39 is 11.7 Å². The number of para-hydroxylation sites is 1. The SMILES string of the molecule is CNCc1ccc(C(=O)N2CCC[C@@H](C(O)(CCCNC(=O)O)c3cccc(Cl)c3-c3cnc4ccccc4c3)C2)cc1. The molecule has 1 saturated heterocycles. The van der Waals surface area contributed by atoms with E-state index in [0.29, 0.717) is 47.6 Å². The van der Waals surface area contributed by atoms with Gasteiger partial charge in [0, 0.05) is 65.4 Å². The van der Waals surface area contributed by atoms with Crippen molar-refractivity contribution in [1.82, 2.24) is 20.5 Å². The molecule has 1 aliphatic heterocycles. The maximum atomic E-state index is 13.6. The summed E-state index contributed by atoms with van der Waals surface area (Å²) in [5.74, 6) is -0.370. The smallest absolute Gasteiger partial charge is 0.404 e. The van der Waals surface area contributed by atoms with Gasteiger partial charge in [-0.1, -0.05) is 54.1 Å². The lowest BCUT2D eigenvalue weighted by Gasteiger charge is -2.44. The number of carboxylic acid groups (broad SMARTS) is 1. The standard InChI is InChI=1S/C34H37ClN4O4/c1-36-20-23-12-14-24(15-13-23)32(40)39-18-5-8-27(22-39)34(43,16-6-17-37-33(41)42)28-9-4-10-29(35)31(28)26-19-25-7-2-3-11-30(25)38-21-26/h2-4,7,9-15,19,21,27,36-37,43H,5-6,8,16-18,20,22H2,1H3,(H,41,42)/t27-,34?/m1/s1. The minimum absolute atomic E-state index is 0.0688. The van der Waals surface area contributed by atoms with Gasteiger partial charge in [-0.15, -0.1) is 0 Å². The average Bonchev–Trinajstić information content (AvgIpc) is 3.03. The number of hydrogen-bond acceptors (Lipinski definition) is 5. The Morgan fingerprint density at radius 1 is 1.09 bits per heavy atom. The normalized spacial score (nSPS) is 16.5. The molecule has 1 unspecified atom stereocenters. The Morgan fingerprint density at radius 2 is 1.88 bits per heavy atom. The highest BCUT2D eigenvalue weighted by Gasteiger charge is 2.43. The zero-order chi connectivity index (χ0) is 30.4. The van der Waals surface area contributed by atoms with Crippen LogP contribution in [0.1, 0.15) is 47.2 Å². The summed E-state index contributed by atoms with van der Waals surface area (Å²) >= 11 is 6.86. The Balaban J connectivity index is 1.51. The number of piperidine rings is 1. The number of carbonyl (C=O) groups is 2. The van der Waals surface area contributed by atoms with Crippen LogP contribution in [-0.2, 0) is 12.1 Å². The Kier molecular flexibility index (Phi) is 9.60.